The van der Waals surface area contributed by atoms with Crippen molar-refractivity contribution >= 4 is 0 Å². The van der Waals surface area contributed by atoms with Crippen LogP contribution >= 0.6 is 0 Å². The molecule has 0 bridgehead atoms. The van der Waals surface area contributed by atoms with Crippen molar-refractivity contribution in [1.82, 2.24) is 10.2 Å². The monoisotopic (exact) mass is 209 g/mol. The molecule has 3 atom stereocenters. The van der Waals surface area contributed by atoms with Crippen LogP contribution in [0.4, 0.5) is 0 Å². The first-order valence-electron chi connectivity index (χ1n) is 5.85. The van der Waals surface area contributed by atoms with E-state index in [1.165, 1.54) is 13.0 Å². The van der Waals surface area contributed by atoms with Crippen LogP contribution in [0.5, 0.6) is 0 Å². The molecular weight excluding hydrogens is 186 g/mol. The highest BCUT2D eigenvalue weighted by atomic mass is 15.1. The number of nitrogens with zero attached hydrogens (tertiary/aromatic N) is 2. The van der Waals surface area contributed by atoms with E-state index in [1.54, 1.807) is 0 Å². The van der Waals surface area contributed by atoms with Crippen LogP contribution in [-0.2, 0) is 0 Å². The predicted molar refractivity (Wildman–Crippen MR) is 62.4 cm³/mol. The topological polar surface area (TPSA) is 39.1 Å². The summed E-state index contributed by atoms with van der Waals surface area (Å²) in [6.45, 7) is 6.56. The van der Waals surface area contributed by atoms with E-state index in [-0.39, 0.29) is 5.92 Å². The van der Waals surface area contributed by atoms with Crippen LogP contribution in [0.3, 0.4) is 0 Å². The molecule has 0 saturated carbocycles. The van der Waals surface area contributed by atoms with E-state index in [0.29, 0.717) is 17.9 Å². The zero-order valence-electron chi connectivity index (χ0n) is 10.3. The van der Waals surface area contributed by atoms with Crippen LogP contribution in [0.2, 0.25) is 0 Å². The summed E-state index contributed by atoms with van der Waals surface area (Å²) in [5.41, 5.74) is 0. The van der Waals surface area contributed by atoms with Gasteiger partial charge in [0, 0.05) is 12.6 Å². The summed E-state index contributed by atoms with van der Waals surface area (Å²) in [5, 5.41) is 12.6. The molecule has 3 unspecified atom stereocenters. The Morgan fingerprint density at radius 2 is 2.13 bits per heavy atom. The maximum absolute atomic E-state index is 9.22. The van der Waals surface area contributed by atoms with Crippen LogP contribution in [0.15, 0.2) is 0 Å². The summed E-state index contributed by atoms with van der Waals surface area (Å²) in [6.07, 6.45) is 1.22. The predicted octanol–water partition coefficient (Wildman–Crippen LogP) is 1.32. The fraction of sp³-hybridized carbons (Fsp3) is 0.917. The van der Waals surface area contributed by atoms with Crippen molar-refractivity contribution < 1.29 is 0 Å². The molecule has 1 rings (SSSR count). The lowest BCUT2D eigenvalue weighted by molar-refractivity contribution is 0.261. The van der Waals surface area contributed by atoms with E-state index in [2.05, 4.69) is 37.2 Å². The largest absolute Gasteiger partial charge is 0.315 e. The minimum Gasteiger partial charge on any atom is -0.315 e. The average Bonchev–Trinajstić information content (AvgIpc) is 2.60. The van der Waals surface area contributed by atoms with Crippen molar-refractivity contribution in [2.75, 3.05) is 27.2 Å². The van der Waals surface area contributed by atoms with Crippen LogP contribution in [-0.4, -0.2) is 38.1 Å². The van der Waals surface area contributed by atoms with Crippen molar-refractivity contribution in [1.29, 1.82) is 5.26 Å². The first-order chi connectivity index (χ1) is 7.10. The summed E-state index contributed by atoms with van der Waals surface area (Å²) in [5.74, 6) is 1.19. The second-order valence-corrected chi connectivity index (χ2v) is 5.02. The molecule has 86 valence electrons. The van der Waals surface area contributed by atoms with Crippen LogP contribution in [0.25, 0.3) is 0 Å². The Morgan fingerprint density at radius 3 is 2.47 bits per heavy atom. The van der Waals surface area contributed by atoms with Gasteiger partial charge in [-0.1, -0.05) is 13.8 Å². The average molecular weight is 209 g/mol. The Labute approximate surface area is 93.5 Å². The van der Waals surface area contributed by atoms with Gasteiger partial charge >= 0.3 is 0 Å². The third-order valence-electron chi connectivity index (χ3n) is 3.52. The number of rotatable bonds is 4. The standard InChI is InChI=1S/C12H23N3/c1-9(2)11(7-13)12(14-3)10-5-6-15(4)8-10/h9-12,14H,5-6,8H2,1-4H3. The lowest BCUT2D eigenvalue weighted by Crippen LogP contribution is -2.42. The highest BCUT2D eigenvalue weighted by Gasteiger charge is 2.33. The molecule has 0 aliphatic carbocycles. The lowest BCUT2D eigenvalue weighted by Gasteiger charge is -2.29. The molecular formula is C12H23N3. The SMILES string of the molecule is CNC(C1CCN(C)C1)C(C#N)C(C)C. The molecule has 0 amide bonds. The first kappa shape index (κ1) is 12.5. The van der Waals surface area contributed by atoms with E-state index in [4.69, 9.17) is 0 Å². The Morgan fingerprint density at radius 1 is 1.47 bits per heavy atom. The minimum absolute atomic E-state index is 0.131. The van der Waals surface area contributed by atoms with E-state index in [9.17, 15) is 5.26 Å². The zero-order chi connectivity index (χ0) is 11.4. The highest BCUT2D eigenvalue weighted by Crippen LogP contribution is 2.26. The maximum Gasteiger partial charge on any atom is 0.0675 e. The van der Waals surface area contributed by atoms with E-state index in [1.807, 2.05) is 7.05 Å². The Balaban J connectivity index is 2.66. The highest BCUT2D eigenvalue weighted by molar-refractivity contribution is 4.98. The van der Waals surface area contributed by atoms with Gasteiger partial charge < -0.3 is 10.2 Å². The summed E-state index contributed by atoms with van der Waals surface area (Å²) in [7, 11) is 4.14. The molecule has 15 heavy (non-hydrogen) atoms. The molecule has 0 spiro atoms. The molecule has 1 aliphatic rings. The van der Waals surface area contributed by atoms with Gasteiger partial charge in [0.05, 0.1) is 12.0 Å². The van der Waals surface area contributed by atoms with Gasteiger partial charge in [-0.25, -0.2) is 0 Å². The summed E-state index contributed by atoms with van der Waals surface area (Å²) >= 11 is 0. The fourth-order valence-corrected chi connectivity index (χ4v) is 2.61. The van der Waals surface area contributed by atoms with Gasteiger partial charge in [-0.2, -0.15) is 5.26 Å². The third kappa shape index (κ3) is 2.93. The van der Waals surface area contributed by atoms with Crippen LogP contribution in [0, 0.1) is 29.1 Å². The Bertz CT molecular complexity index is 232. The van der Waals surface area contributed by atoms with Gasteiger partial charge in [-0.3, -0.25) is 0 Å². The summed E-state index contributed by atoms with van der Waals surface area (Å²) in [6, 6.07) is 2.81. The minimum atomic E-state index is 0.131. The molecule has 1 saturated heterocycles. The molecule has 1 aliphatic heterocycles. The van der Waals surface area contributed by atoms with Crippen LogP contribution < -0.4 is 5.32 Å². The smallest absolute Gasteiger partial charge is 0.0675 e. The summed E-state index contributed by atoms with van der Waals surface area (Å²) < 4.78 is 0. The lowest BCUT2D eigenvalue weighted by atomic mass is 9.82. The Kier molecular flexibility index (Phi) is 4.56. The van der Waals surface area contributed by atoms with E-state index in [0.717, 1.165) is 6.54 Å². The van der Waals surface area contributed by atoms with Gasteiger partial charge in [0.1, 0.15) is 0 Å². The van der Waals surface area contributed by atoms with Gasteiger partial charge in [-0.15, -0.1) is 0 Å². The van der Waals surface area contributed by atoms with Gasteiger partial charge in [0.25, 0.3) is 0 Å². The van der Waals surface area contributed by atoms with Crippen molar-refractivity contribution in [2.45, 2.75) is 26.3 Å². The van der Waals surface area contributed by atoms with Crippen molar-refractivity contribution in [3.05, 3.63) is 0 Å². The molecule has 0 aromatic heterocycles. The normalized spacial score (nSPS) is 26.5. The fourth-order valence-electron chi connectivity index (χ4n) is 2.61. The van der Waals surface area contributed by atoms with Gasteiger partial charge in [-0.05, 0) is 38.9 Å². The number of nitrogens with one attached hydrogen (secondary N) is 1. The van der Waals surface area contributed by atoms with Crippen molar-refractivity contribution in [3.63, 3.8) is 0 Å². The molecule has 0 aromatic carbocycles. The second kappa shape index (κ2) is 5.48. The molecule has 3 heteroatoms. The molecule has 0 aromatic rings. The van der Waals surface area contributed by atoms with Gasteiger partial charge in [0.15, 0.2) is 0 Å². The first-order valence-corrected chi connectivity index (χ1v) is 5.85. The molecule has 3 nitrogen and oxygen atoms in total. The quantitative estimate of drug-likeness (QED) is 0.759. The van der Waals surface area contributed by atoms with E-state index < -0.39 is 0 Å². The summed E-state index contributed by atoms with van der Waals surface area (Å²) in [4.78, 5) is 2.35. The number of likely N-dealkylation sites (tertiary alicyclic amines) is 1. The molecule has 1 N–H and O–H groups in total. The Hall–Kier alpha value is -0.590. The number of hydrogen-bond acceptors (Lipinski definition) is 3. The number of hydrogen-bond donors (Lipinski definition) is 1. The maximum atomic E-state index is 9.22. The van der Waals surface area contributed by atoms with Crippen molar-refractivity contribution in [3.8, 4) is 6.07 Å². The molecule has 1 fully saturated rings. The van der Waals surface area contributed by atoms with Crippen LogP contribution in [0.1, 0.15) is 20.3 Å². The van der Waals surface area contributed by atoms with Crippen molar-refractivity contribution in [2.24, 2.45) is 17.8 Å². The van der Waals surface area contributed by atoms with Gasteiger partial charge in [0.2, 0.25) is 0 Å². The zero-order valence-corrected chi connectivity index (χ0v) is 10.3. The number of nitriles is 1. The second-order valence-electron chi connectivity index (χ2n) is 5.02. The third-order valence-corrected chi connectivity index (χ3v) is 3.52. The molecule has 1 heterocycles. The molecule has 0 radical (unpaired) electrons. The van der Waals surface area contributed by atoms with E-state index >= 15 is 0 Å².